The first kappa shape index (κ1) is 18.2. The van der Waals surface area contributed by atoms with Crippen molar-refractivity contribution in [3.05, 3.63) is 24.3 Å². The summed E-state index contributed by atoms with van der Waals surface area (Å²) in [4.78, 5) is 1.68. The molecule has 4 N–H and O–H groups in total. The van der Waals surface area contributed by atoms with Crippen LogP contribution in [0.3, 0.4) is 0 Å². The second kappa shape index (κ2) is 7.34. The average molecular weight is 347 g/mol. The van der Waals surface area contributed by atoms with E-state index in [9.17, 15) is 5.11 Å². The van der Waals surface area contributed by atoms with Gasteiger partial charge in [-0.2, -0.15) is 0 Å². The number of aliphatic hydroxyl groups is 1. The second-order valence-corrected chi connectivity index (χ2v) is 8.55. The summed E-state index contributed by atoms with van der Waals surface area (Å²) in [6.45, 7) is 11.3. The highest BCUT2D eigenvalue weighted by atomic mass is 16.3. The number of nitrogens with zero attached hydrogens (tertiary/aromatic N) is 2. The monoisotopic (exact) mass is 346 g/mol. The van der Waals surface area contributed by atoms with Crippen LogP contribution in [0.4, 0.5) is 5.95 Å². The number of para-hydroxylation sites is 2. The normalized spacial score (nSPS) is 17.9. The Hall–Kier alpha value is -1.59. The Morgan fingerprint density at radius 2 is 1.88 bits per heavy atom. The van der Waals surface area contributed by atoms with E-state index < -0.39 is 6.10 Å². The quantitative estimate of drug-likeness (QED) is 0.707. The van der Waals surface area contributed by atoms with Gasteiger partial charge in [-0.25, -0.2) is 9.13 Å². The van der Waals surface area contributed by atoms with E-state index in [4.69, 9.17) is 5.73 Å². The van der Waals surface area contributed by atoms with E-state index in [-0.39, 0.29) is 5.41 Å². The average Bonchev–Trinajstić information content (AvgIpc) is 2.85. The molecule has 5 heteroatoms. The van der Waals surface area contributed by atoms with E-state index in [1.54, 1.807) is 4.90 Å². The Bertz CT molecular complexity index is 710. The van der Waals surface area contributed by atoms with Gasteiger partial charge in [0.2, 0.25) is 0 Å². The van der Waals surface area contributed by atoms with Crippen molar-refractivity contribution in [3.8, 4) is 0 Å². The molecule has 2 aromatic rings. The molecular formula is C20H34N4O+2. The Morgan fingerprint density at radius 3 is 2.56 bits per heavy atom. The number of benzene rings is 1. The number of imidazole rings is 1. The van der Waals surface area contributed by atoms with Crippen LogP contribution in [0.2, 0.25) is 0 Å². The number of anilines is 1. The number of rotatable bonds is 5. The number of likely N-dealkylation sites (tertiary alicyclic amines) is 1. The Morgan fingerprint density at radius 1 is 1.20 bits per heavy atom. The highest BCUT2D eigenvalue weighted by molar-refractivity contribution is 5.73. The van der Waals surface area contributed by atoms with Crippen LogP contribution >= 0.6 is 0 Å². The Kier molecular flexibility index (Phi) is 5.35. The lowest BCUT2D eigenvalue weighted by Crippen LogP contribution is -3.13. The van der Waals surface area contributed by atoms with Gasteiger partial charge >= 0.3 is 5.95 Å². The first-order chi connectivity index (χ1) is 11.9. The lowest BCUT2D eigenvalue weighted by Gasteiger charge is -2.25. The van der Waals surface area contributed by atoms with Gasteiger partial charge in [-0.3, -0.25) is 5.73 Å². The number of nitrogen functional groups attached to an aromatic ring is 1. The molecule has 0 aliphatic carbocycles. The van der Waals surface area contributed by atoms with Gasteiger partial charge in [-0.1, -0.05) is 32.9 Å². The third-order valence-corrected chi connectivity index (χ3v) is 5.62. The van der Waals surface area contributed by atoms with Gasteiger partial charge in [0.05, 0.1) is 25.7 Å². The highest BCUT2D eigenvalue weighted by Crippen LogP contribution is 2.21. The molecule has 1 aromatic carbocycles. The molecule has 1 aliphatic rings. The molecule has 0 spiro atoms. The topological polar surface area (TPSA) is 59.5 Å². The van der Waals surface area contributed by atoms with Gasteiger partial charge in [-0.15, -0.1) is 0 Å². The van der Waals surface area contributed by atoms with Crippen molar-refractivity contribution in [3.63, 3.8) is 0 Å². The first-order valence-electron chi connectivity index (χ1n) is 9.66. The van der Waals surface area contributed by atoms with Crippen LogP contribution in [0.15, 0.2) is 24.3 Å². The number of aliphatic hydroxyl groups excluding tert-OH is 1. The van der Waals surface area contributed by atoms with Crippen molar-refractivity contribution in [2.45, 2.75) is 59.2 Å². The minimum absolute atomic E-state index is 0.166. The molecule has 1 aromatic heterocycles. The van der Waals surface area contributed by atoms with Gasteiger partial charge in [0, 0.05) is 0 Å². The summed E-state index contributed by atoms with van der Waals surface area (Å²) < 4.78 is 4.31. The SMILES string of the molecule is CC(C)(C)C(O)C[n+]1c(N)n(CC[NH+]2CCCCC2)c2ccccc21. The fraction of sp³-hybridized carbons (Fsp3) is 0.650. The van der Waals surface area contributed by atoms with Crippen LogP contribution in [0.25, 0.3) is 11.0 Å². The number of fused-ring (bicyclic) bond motifs is 1. The summed E-state index contributed by atoms with van der Waals surface area (Å²) >= 11 is 0. The number of piperidine rings is 1. The number of aromatic nitrogens is 2. The summed E-state index contributed by atoms with van der Waals surface area (Å²) in [5, 5.41) is 10.6. The summed E-state index contributed by atoms with van der Waals surface area (Å²) in [7, 11) is 0. The van der Waals surface area contributed by atoms with Gasteiger partial charge in [0.1, 0.15) is 24.1 Å². The van der Waals surface area contributed by atoms with Crippen molar-refractivity contribution < 1.29 is 14.6 Å². The predicted octanol–water partition coefficient (Wildman–Crippen LogP) is 0.987. The molecule has 0 amide bonds. The zero-order valence-corrected chi connectivity index (χ0v) is 16.0. The molecule has 138 valence electrons. The second-order valence-electron chi connectivity index (χ2n) is 8.55. The molecule has 0 bridgehead atoms. The number of quaternary nitrogens is 1. The van der Waals surface area contributed by atoms with Gasteiger partial charge < -0.3 is 10.0 Å². The van der Waals surface area contributed by atoms with Crippen molar-refractivity contribution in [1.29, 1.82) is 0 Å². The van der Waals surface area contributed by atoms with E-state index in [2.05, 4.69) is 48.1 Å². The highest BCUT2D eigenvalue weighted by Gasteiger charge is 2.29. The van der Waals surface area contributed by atoms with Gasteiger partial charge in [-0.05, 0) is 36.8 Å². The van der Waals surface area contributed by atoms with Gasteiger partial charge in [0.15, 0.2) is 0 Å². The summed E-state index contributed by atoms with van der Waals surface area (Å²) in [5.74, 6) is 0.751. The maximum absolute atomic E-state index is 10.6. The molecule has 5 nitrogen and oxygen atoms in total. The molecule has 1 aliphatic heterocycles. The standard InChI is InChI=1S/C20H32N4O/c1-20(2,3)18(25)15-24-17-10-6-5-9-16(17)23(19(24)21)14-13-22-11-7-4-8-12-22/h5-6,9-10,18,21,25H,4,7-8,11-15H2,1-3H3/p+2. The number of hydrogen-bond donors (Lipinski definition) is 3. The van der Waals surface area contributed by atoms with Crippen molar-refractivity contribution in [1.82, 2.24) is 4.57 Å². The van der Waals surface area contributed by atoms with E-state index in [0.29, 0.717) is 6.54 Å². The molecule has 0 radical (unpaired) electrons. The molecule has 1 unspecified atom stereocenters. The van der Waals surface area contributed by atoms with Crippen molar-refractivity contribution in [2.24, 2.45) is 5.41 Å². The summed E-state index contributed by atoms with van der Waals surface area (Å²) in [6, 6.07) is 8.35. The third-order valence-electron chi connectivity index (χ3n) is 5.62. The molecule has 1 atom stereocenters. The maximum atomic E-state index is 10.6. The molecule has 3 rings (SSSR count). The minimum atomic E-state index is -0.438. The fourth-order valence-corrected chi connectivity index (χ4v) is 3.76. The zero-order chi connectivity index (χ0) is 18.0. The first-order valence-corrected chi connectivity index (χ1v) is 9.66. The van der Waals surface area contributed by atoms with Crippen LogP contribution in [-0.4, -0.2) is 35.4 Å². The van der Waals surface area contributed by atoms with Crippen LogP contribution < -0.4 is 15.2 Å². The molecule has 1 saturated heterocycles. The maximum Gasteiger partial charge on any atom is 0.356 e. The number of nitrogens with two attached hydrogens (primary N) is 1. The van der Waals surface area contributed by atoms with Crippen LogP contribution in [-0.2, 0) is 13.1 Å². The Balaban J connectivity index is 1.86. The minimum Gasteiger partial charge on any atom is -0.389 e. The predicted molar refractivity (Wildman–Crippen MR) is 101 cm³/mol. The fourth-order valence-electron chi connectivity index (χ4n) is 3.76. The summed E-state index contributed by atoms with van der Waals surface area (Å²) in [5.41, 5.74) is 8.64. The van der Waals surface area contributed by atoms with E-state index >= 15 is 0 Å². The van der Waals surface area contributed by atoms with Crippen molar-refractivity contribution >= 4 is 17.0 Å². The molecule has 1 fully saturated rings. The van der Waals surface area contributed by atoms with E-state index in [1.165, 1.54) is 32.4 Å². The molecule has 25 heavy (non-hydrogen) atoms. The number of hydrogen-bond acceptors (Lipinski definition) is 2. The lowest BCUT2D eigenvalue weighted by molar-refractivity contribution is -0.905. The Labute approximate surface area is 151 Å². The van der Waals surface area contributed by atoms with Crippen LogP contribution in [0, 0.1) is 5.41 Å². The molecular weight excluding hydrogens is 312 g/mol. The van der Waals surface area contributed by atoms with Crippen LogP contribution in [0.1, 0.15) is 40.0 Å². The van der Waals surface area contributed by atoms with E-state index in [0.717, 1.165) is 30.1 Å². The third kappa shape index (κ3) is 3.98. The molecule has 0 saturated carbocycles. The van der Waals surface area contributed by atoms with Crippen molar-refractivity contribution in [2.75, 3.05) is 25.4 Å². The molecule has 2 heterocycles. The van der Waals surface area contributed by atoms with E-state index in [1.807, 2.05) is 6.07 Å². The van der Waals surface area contributed by atoms with Gasteiger partial charge in [0.25, 0.3) is 0 Å². The summed E-state index contributed by atoms with van der Waals surface area (Å²) in [6.07, 6.45) is 3.62. The smallest absolute Gasteiger partial charge is 0.356 e. The lowest BCUT2D eigenvalue weighted by atomic mass is 9.89. The van der Waals surface area contributed by atoms with Crippen LogP contribution in [0.5, 0.6) is 0 Å². The number of nitrogens with one attached hydrogen (secondary N) is 1. The largest absolute Gasteiger partial charge is 0.389 e. The zero-order valence-electron chi connectivity index (χ0n) is 16.0.